The van der Waals surface area contributed by atoms with Crippen molar-refractivity contribution in [2.24, 2.45) is 0 Å². The maximum absolute atomic E-state index is 12.3. The molecule has 3 aromatic rings. The zero-order valence-corrected chi connectivity index (χ0v) is 13.9. The van der Waals surface area contributed by atoms with Crippen LogP contribution in [0.3, 0.4) is 0 Å². The molecule has 0 saturated carbocycles. The van der Waals surface area contributed by atoms with Gasteiger partial charge in [-0.1, -0.05) is 6.07 Å². The summed E-state index contributed by atoms with van der Waals surface area (Å²) in [6.07, 6.45) is 5.08. The van der Waals surface area contributed by atoms with Crippen molar-refractivity contribution in [3.05, 3.63) is 71.4 Å². The van der Waals surface area contributed by atoms with Crippen LogP contribution in [-0.4, -0.2) is 25.7 Å². The van der Waals surface area contributed by atoms with Crippen molar-refractivity contribution in [3.63, 3.8) is 0 Å². The lowest BCUT2D eigenvalue weighted by Gasteiger charge is -2.14. The van der Waals surface area contributed by atoms with E-state index in [2.05, 4.69) is 20.4 Å². The Bertz CT molecular complexity index is 840. The van der Waals surface area contributed by atoms with E-state index in [4.69, 9.17) is 0 Å². The normalized spacial score (nSPS) is 12.0. The third-order valence-corrected chi connectivity index (χ3v) is 3.90. The molecule has 0 fully saturated rings. The average molecular weight is 321 g/mol. The van der Waals surface area contributed by atoms with Gasteiger partial charge >= 0.3 is 0 Å². The van der Waals surface area contributed by atoms with Crippen LogP contribution >= 0.6 is 0 Å². The first-order valence-electron chi connectivity index (χ1n) is 7.75. The second kappa shape index (κ2) is 6.62. The zero-order valence-electron chi connectivity index (χ0n) is 13.9. The van der Waals surface area contributed by atoms with Crippen LogP contribution in [0.2, 0.25) is 0 Å². The number of amides is 1. The van der Waals surface area contributed by atoms with Crippen LogP contribution in [0.25, 0.3) is 5.82 Å². The first kappa shape index (κ1) is 15.9. The fourth-order valence-electron chi connectivity index (χ4n) is 2.52. The van der Waals surface area contributed by atoms with Crippen LogP contribution in [0.5, 0.6) is 0 Å². The van der Waals surface area contributed by atoms with Crippen LogP contribution in [0.1, 0.15) is 40.3 Å². The summed E-state index contributed by atoms with van der Waals surface area (Å²) in [5.41, 5.74) is 3.33. The van der Waals surface area contributed by atoms with Gasteiger partial charge in [0.25, 0.3) is 5.91 Å². The lowest BCUT2D eigenvalue weighted by Crippen LogP contribution is -2.27. The first-order valence-corrected chi connectivity index (χ1v) is 7.75. The van der Waals surface area contributed by atoms with Crippen LogP contribution in [0.4, 0.5) is 0 Å². The predicted octanol–water partition coefficient (Wildman–Crippen LogP) is 2.77. The van der Waals surface area contributed by atoms with Crippen molar-refractivity contribution >= 4 is 5.91 Å². The number of nitrogens with one attached hydrogen (secondary N) is 1. The van der Waals surface area contributed by atoms with Gasteiger partial charge < -0.3 is 5.32 Å². The molecule has 1 amide bonds. The number of carbonyl (C=O) groups is 1. The number of hydrogen-bond donors (Lipinski definition) is 1. The molecular formula is C18H19N5O. The molecule has 3 aromatic heterocycles. The molecule has 0 aliphatic rings. The molecule has 122 valence electrons. The molecule has 3 rings (SSSR count). The number of hydrogen-bond acceptors (Lipinski definition) is 4. The smallest absolute Gasteiger partial charge is 0.253 e. The Morgan fingerprint density at radius 3 is 2.62 bits per heavy atom. The third kappa shape index (κ3) is 3.17. The van der Waals surface area contributed by atoms with Gasteiger partial charge in [-0.25, -0.2) is 9.67 Å². The minimum Gasteiger partial charge on any atom is -0.345 e. The van der Waals surface area contributed by atoms with E-state index >= 15 is 0 Å². The number of rotatable bonds is 4. The van der Waals surface area contributed by atoms with Crippen molar-refractivity contribution in [3.8, 4) is 5.82 Å². The molecule has 1 unspecified atom stereocenters. The Balaban J connectivity index is 1.78. The average Bonchev–Trinajstić information content (AvgIpc) is 2.98. The molecule has 1 N–H and O–H groups in total. The molecule has 3 heterocycles. The van der Waals surface area contributed by atoms with Crippen molar-refractivity contribution in [2.45, 2.75) is 26.8 Å². The number of aromatic nitrogens is 4. The monoisotopic (exact) mass is 321 g/mol. The lowest BCUT2D eigenvalue weighted by atomic mass is 10.1. The van der Waals surface area contributed by atoms with E-state index in [9.17, 15) is 4.79 Å². The van der Waals surface area contributed by atoms with E-state index in [1.807, 2.05) is 45.0 Å². The summed E-state index contributed by atoms with van der Waals surface area (Å²) in [5, 5.41) is 7.37. The van der Waals surface area contributed by atoms with Crippen molar-refractivity contribution in [2.75, 3.05) is 0 Å². The third-order valence-electron chi connectivity index (χ3n) is 3.90. The summed E-state index contributed by atoms with van der Waals surface area (Å²) in [5.74, 6) is 0.600. The summed E-state index contributed by atoms with van der Waals surface area (Å²) < 4.78 is 1.77. The van der Waals surface area contributed by atoms with E-state index in [0.29, 0.717) is 5.56 Å². The SMILES string of the molecule is Cc1ccc(C(=O)NC(C)c2cnn(-c3ccccn3)c2C)cn1. The van der Waals surface area contributed by atoms with Gasteiger partial charge in [-0.2, -0.15) is 5.10 Å². The van der Waals surface area contributed by atoms with E-state index < -0.39 is 0 Å². The van der Waals surface area contributed by atoms with Gasteiger partial charge in [0.05, 0.1) is 17.8 Å². The fourth-order valence-corrected chi connectivity index (χ4v) is 2.52. The summed E-state index contributed by atoms with van der Waals surface area (Å²) >= 11 is 0. The number of carbonyl (C=O) groups excluding carboxylic acids is 1. The Kier molecular flexibility index (Phi) is 4.37. The predicted molar refractivity (Wildman–Crippen MR) is 91.0 cm³/mol. The summed E-state index contributed by atoms with van der Waals surface area (Å²) in [7, 11) is 0. The number of nitrogens with zero attached hydrogens (tertiary/aromatic N) is 4. The van der Waals surface area contributed by atoms with Crippen LogP contribution in [0.15, 0.2) is 48.9 Å². The molecule has 6 nitrogen and oxygen atoms in total. The number of pyridine rings is 2. The fraction of sp³-hybridized carbons (Fsp3) is 0.222. The highest BCUT2D eigenvalue weighted by atomic mass is 16.1. The summed E-state index contributed by atoms with van der Waals surface area (Å²) in [6.45, 7) is 5.79. The lowest BCUT2D eigenvalue weighted by molar-refractivity contribution is 0.0939. The molecule has 0 bridgehead atoms. The van der Waals surface area contributed by atoms with Crippen LogP contribution in [0, 0.1) is 13.8 Å². The van der Waals surface area contributed by atoms with E-state index in [-0.39, 0.29) is 11.9 Å². The zero-order chi connectivity index (χ0) is 17.1. The molecule has 0 aliphatic carbocycles. The summed E-state index contributed by atoms with van der Waals surface area (Å²) in [6, 6.07) is 9.10. The maximum Gasteiger partial charge on any atom is 0.253 e. The van der Waals surface area contributed by atoms with Crippen molar-refractivity contribution in [1.82, 2.24) is 25.1 Å². The molecular weight excluding hydrogens is 302 g/mol. The van der Waals surface area contributed by atoms with Crippen molar-refractivity contribution < 1.29 is 4.79 Å². The highest BCUT2D eigenvalue weighted by Crippen LogP contribution is 2.19. The molecule has 6 heteroatoms. The highest BCUT2D eigenvalue weighted by Gasteiger charge is 2.17. The Morgan fingerprint density at radius 2 is 1.96 bits per heavy atom. The van der Waals surface area contributed by atoms with Gasteiger partial charge in [-0.15, -0.1) is 0 Å². The first-order chi connectivity index (χ1) is 11.6. The number of aryl methyl sites for hydroxylation is 1. The molecule has 0 aliphatic heterocycles. The molecule has 0 aromatic carbocycles. The van der Waals surface area contributed by atoms with Crippen LogP contribution in [-0.2, 0) is 0 Å². The molecule has 1 atom stereocenters. The van der Waals surface area contributed by atoms with E-state index in [1.54, 1.807) is 29.3 Å². The molecule has 0 saturated heterocycles. The second-order valence-electron chi connectivity index (χ2n) is 5.67. The van der Waals surface area contributed by atoms with E-state index in [1.165, 1.54) is 0 Å². The Hall–Kier alpha value is -3.02. The minimum absolute atomic E-state index is 0.153. The topological polar surface area (TPSA) is 72.7 Å². The largest absolute Gasteiger partial charge is 0.345 e. The maximum atomic E-state index is 12.3. The van der Waals surface area contributed by atoms with Gasteiger partial charge in [-0.05, 0) is 45.0 Å². The van der Waals surface area contributed by atoms with Gasteiger partial charge in [0.1, 0.15) is 0 Å². The summed E-state index contributed by atoms with van der Waals surface area (Å²) in [4.78, 5) is 20.8. The Labute approximate surface area is 140 Å². The molecule has 0 spiro atoms. The van der Waals surface area contributed by atoms with Crippen LogP contribution < -0.4 is 5.32 Å². The molecule has 0 radical (unpaired) electrons. The Morgan fingerprint density at radius 1 is 1.12 bits per heavy atom. The second-order valence-corrected chi connectivity index (χ2v) is 5.67. The minimum atomic E-state index is -0.170. The quantitative estimate of drug-likeness (QED) is 0.802. The standard InChI is InChI=1S/C18H19N5O/c1-12-7-8-15(10-20-12)18(24)22-13(2)16-11-21-23(14(16)3)17-6-4-5-9-19-17/h4-11,13H,1-3H3,(H,22,24). The molecule has 24 heavy (non-hydrogen) atoms. The van der Waals surface area contributed by atoms with E-state index in [0.717, 1.165) is 22.8 Å². The van der Waals surface area contributed by atoms with Crippen molar-refractivity contribution in [1.29, 1.82) is 0 Å². The van der Waals surface area contributed by atoms with Gasteiger partial charge in [-0.3, -0.25) is 9.78 Å². The van der Waals surface area contributed by atoms with Gasteiger partial charge in [0.2, 0.25) is 0 Å². The van der Waals surface area contributed by atoms with Gasteiger partial charge in [0, 0.05) is 29.3 Å². The van der Waals surface area contributed by atoms with Gasteiger partial charge in [0.15, 0.2) is 5.82 Å². The highest BCUT2D eigenvalue weighted by molar-refractivity contribution is 5.94.